The summed E-state index contributed by atoms with van der Waals surface area (Å²) in [4.78, 5) is 35.1. The minimum absolute atomic E-state index is 0.0393. The Hall–Kier alpha value is -2.81. The fraction of sp³-hybridized carbons (Fsp3) is 0.761. The average Bonchev–Trinajstić information content (AvgIpc) is 3.42. The molecule has 0 heterocycles. The Balaban J connectivity index is 3.86. The van der Waals surface area contributed by atoms with E-state index in [4.69, 9.17) is 24.3 Å². The highest BCUT2D eigenvalue weighted by Gasteiger charge is 2.26. The monoisotopic (exact) mass is 1100 g/mol. The lowest BCUT2D eigenvalue weighted by Gasteiger charge is -2.19. The topological polar surface area (TPSA) is 134 Å². The van der Waals surface area contributed by atoms with Crippen LogP contribution in [-0.2, 0) is 32.7 Å². The zero-order chi connectivity index (χ0) is 55.9. The van der Waals surface area contributed by atoms with Crippen LogP contribution >= 0.6 is 7.82 Å². The molecule has 0 aliphatic carbocycles. The fourth-order valence-corrected chi connectivity index (χ4v) is 9.84. The molecule has 0 amide bonds. The van der Waals surface area contributed by atoms with E-state index < -0.39 is 32.5 Å². The van der Waals surface area contributed by atoms with E-state index in [0.717, 1.165) is 57.8 Å². The van der Waals surface area contributed by atoms with Crippen LogP contribution < -0.4 is 5.73 Å². The lowest BCUT2D eigenvalue weighted by atomic mass is 10.0. The molecule has 0 spiro atoms. The summed E-state index contributed by atoms with van der Waals surface area (Å²) in [5, 5.41) is 0. The maximum Gasteiger partial charge on any atom is 0.472 e. The molecule has 10 heteroatoms. The number of carbonyl (C=O) groups is 2. The smallest absolute Gasteiger partial charge is 0.462 e. The van der Waals surface area contributed by atoms with Crippen molar-refractivity contribution in [2.75, 3.05) is 26.4 Å². The molecule has 446 valence electrons. The van der Waals surface area contributed by atoms with Crippen LogP contribution in [0.3, 0.4) is 0 Å². The predicted octanol–water partition coefficient (Wildman–Crippen LogP) is 20.6. The summed E-state index contributed by atoms with van der Waals surface area (Å²) >= 11 is 0. The molecule has 0 aromatic heterocycles. The average molecular weight is 1100 g/mol. The summed E-state index contributed by atoms with van der Waals surface area (Å²) in [5.74, 6) is -0.920. The zero-order valence-electron chi connectivity index (χ0n) is 49.9. The standard InChI is InChI=1S/C67H120NO8P/c1-3-5-7-9-11-13-15-17-19-21-23-24-25-26-27-28-29-30-31-32-33-34-35-36-37-38-39-40-42-43-45-47-49-51-53-55-57-59-66(69)73-63-65(64-75-77(71,72)74-62-61-68)76-67(70)60-58-56-54-52-50-48-46-44-41-22-20-18-16-14-12-10-8-6-4-2/h6,8,12,14,18,20-21,23,41,44,48,50,54,56,65H,3-5,7,9-11,13,15-17,19,22,24-40,42-43,45-47,49,51-53,55,57-64,68H2,1-2H3,(H,71,72)/b8-6-,14-12-,20-18-,23-21-,44-41-,50-48-,56-54-. The summed E-state index contributed by atoms with van der Waals surface area (Å²) in [5.41, 5.74) is 5.38. The summed E-state index contributed by atoms with van der Waals surface area (Å²) in [6, 6.07) is 0. The van der Waals surface area contributed by atoms with E-state index in [1.54, 1.807) is 0 Å². The third-order valence-electron chi connectivity index (χ3n) is 13.8. The van der Waals surface area contributed by atoms with Crippen LogP contribution in [0.25, 0.3) is 0 Å². The van der Waals surface area contributed by atoms with E-state index >= 15 is 0 Å². The van der Waals surface area contributed by atoms with Crippen molar-refractivity contribution in [2.45, 2.75) is 302 Å². The maximum atomic E-state index is 12.6. The lowest BCUT2D eigenvalue weighted by molar-refractivity contribution is -0.161. The Morgan fingerprint density at radius 2 is 0.740 bits per heavy atom. The van der Waals surface area contributed by atoms with Crippen molar-refractivity contribution in [3.05, 3.63) is 85.1 Å². The molecule has 0 fully saturated rings. The van der Waals surface area contributed by atoms with E-state index in [1.807, 2.05) is 12.2 Å². The number of unbranched alkanes of at least 4 members (excludes halogenated alkanes) is 33. The van der Waals surface area contributed by atoms with Crippen LogP contribution in [0, 0.1) is 0 Å². The van der Waals surface area contributed by atoms with Gasteiger partial charge in [0, 0.05) is 19.4 Å². The third kappa shape index (κ3) is 62.3. The van der Waals surface area contributed by atoms with Crippen LogP contribution in [0.15, 0.2) is 85.1 Å². The van der Waals surface area contributed by atoms with Gasteiger partial charge in [-0.15, -0.1) is 0 Å². The molecule has 0 bridgehead atoms. The van der Waals surface area contributed by atoms with E-state index in [0.29, 0.717) is 6.42 Å². The lowest BCUT2D eigenvalue weighted by Crippen LogP contribution is -2.29. The van der Waals surface area contributed by atoms with Crippen molar-refractivity contribution < 1.29 is 37.6 Å². The second-order valence-electron chi connectivity index (χ2n) is 21.2. The van der Waals surface area contributed by atoms with Gasteiger partial charge in [-0.25, -0.2) is 4.57 Å². The minimum Gasteiger partial charge on any atom is -0.462 e. The predicted molar refractivity (Wildman–Crippen MR) is 330 cm³/mol. The quantitative estimate of drug-likeness (QED) is 0.0264. The van der Waals surface area contributed by atoms with Crippen molar-refractivity contribution in [3.63, 3.8) is 0 Å². The van der Waals surface area contributed by atoms with Gasteiger partial charge in [-0.2, -0.15) is 0 Å². The van der Waals surface area contributed by atoms with Crippen LogP contribution in [0.5, 0.6) is 0 Å². The van der Waals surface area contributed by atoms with Gasteiger partial charge in [0.2, 0.25) is 0 Å². The van der Waals surface area contributed by atoms with Gasteiger partial charge in [-0.05, 0) is 77.0 Å². The van der Waals surface area contributed by atoms with Gasteiger partial charge in [0.1, 0.15) is 6.61 Å². The molecular formula is C67H120NO8P. The first-order valence-corrected chi connectivity index (χ1v) is 33.6. The van der Waals surface area contributed by atoms with Crippen molar-refractivity contribution in [2.24, 2.45) is 5.73 Å². The van der Waals surface area contributed by atoms with Crippen molar-refractivity contribution in [3.8, 4) is 0 Å². The highest BCUT2D eigenvalue weighted by Crippen LogP contribution is 2.43. The normalized spacial score (nSPS) is 13.6. The largest absolute Gasteiger partial charge is 0.472 e. The van der Waals surface area contributed by atoms with Gasteiger partial charge in [0.05, 0.1) is 13.2 Å². The van der Waals surface area contributed by atoms with Crippen molar-refractivity contribution in [1.29, 1.82) is 0 Å². The maximum absolute atomic E-state index is 12.6. The number of ether oxygens (including phenoxy) is 2. The summed E-state index contributed by atoms with van der Waals surface area (Å²) < 4.78 is 32.9. The van der Waals surface area contributed by atoms with Gasteiger partial charge in [-0.3, -0.25) is 18.6 Å². The summed E-state index contributed by atoms with van der Waals surface area (Å²) in [7, 11) is -4.41. The van der Waals surface area contributed by atoms with E-state index in [1.165, 1.54) is 205 Å². The molecule has 0 aromatic carbocycles. The molecule has 9 nitrogen and oxygen atoms in total. The van der Waals surface area contributed by atoms with Crippen molar-refractivity contribution in [1.82, 2.24) is 0 Å². The molecule has 0 aromatic rings. The highest BCUT2D eigenvalue weighted by molar-refractivity contribution is 7.47. The number of esters is 2. The van der Waals surface area contributed by atoms with Crippen molar-refractivity contribution >= 4 is 19.8 Å². The highest BCUT2D eigenvalue weighted by atomic mass is 31.2. The summed E-state index contributed by atoms with van der Waals surface area (Å²) in [6.45, 7) is 3.57. The van der Waals surface area contributed by atoms with Crippen LogP contribution in [0.1, 0.15) is 296 Å². The van der Waals surface area contributed by atoms with Crippen LogP contribution in [0.2, 0.25) is 0 Å². The minimum atomic E-state index is -4.41. The van der Waals surface area contributed by atoms with E-state index in [2.05, 4.69) is 86.8 Å². The van der Waals surface area contributed by atoms with E-state index in [-0.39, 0.29) is 32.6 Å². The van der Waals surface area contributed by atoms with Gasteiger partial charge in [0.25, 0.3) is 0 Å². The SMILES string of the molecule is CC/C=C\C/C=C\C/C=C\C/C=C\C/C=C\C/C=C\CCC(=O)OC(COC(=O)CCCCCCCCCCCCCCCCCCCCCCCCCCC/C=C\CCCCCCCCCC)COP(=O)(O)OCCN. The molecule has 0 saturated heterocycles. The molecule has 0 aliphatic rings. The number of allylic oxidation sites excluding steroid dienone is 14. The molecule has 0 rings (SSSR count). The third-order valence-corrected chi connectivity index (χ3v) is 14.8. The van der Waals surface area contributed by atoms with E-state index in [9.17, 15) is 19.0 Å². The molecule has 2 unspecified atom stereocenters. The Labute approximate surface area is 474 Å². The first-order chi connectivity index (χ1) is 37.8. The molecule has 0 saturated carbocycles. The fourth-order valence-electron chi connectivity index (χ4n) is 9.07. The first-order valence-electron chi connectivity index (χ1n) is 32.1. The Morgan fingerprint density at radius 3 is 1.12 bits per heavy atom. The zero-order valence-corrected chi connectivity index (χ0v) is 50.8. The summed E-state index contributed by atoms with van der Waals surface area (Å²) in [6.07, 6.45) is 82.8. The van der Waals surface area contributed by atoms with Gasteiger partial charge in [-0.1, -0.05) is 292 Å². The molecule has 2 atom stereocenters. The number of hydrogen-bond acceptors (Lipinski definition) is 8. The molecule has 3 N–H and O–H groups in total. The number of hydrogen-bond donors (Lipinski definition) is 2. The second kappa shape index (κ2) is 62.4. The van der Waals surface area contributed by atoms with Crippen LogP contribution in [-0.4, -0.2) is 49.3 Å². The number of phosphoric acid groups is 1. The number of nitrogens with two attached hydrogens (primary N) is 1. The number of carbonyl (C=O) groups excluding carboxylic acids is 2. The Kier molecular flexibility index (Phi) is 60.1. The molecule has 0 radical (unpaired) electrons. The van der Waals surface area contributed by atoms with Gasteiger partial charge in [0.15, 0.2) is 6.10 Å². The van der Waals surface area contributed by atoms with Gasteiger partial charge < -0.3 is 20.1 Å². The molecule has 0 aliphatic heterocycles. The number of phosphoric ester groups is 1. The number of rotatable bonds is 60. The Bertz CT molecular complexity index is 1530. The van der Waals surface area contributed by atoms with Crippen LogP contribution in [0.4, 0.5) is 0 Å². The second-order valence-corrected chi connectivity index (χ2v) is 22.7. The van der Waals surface area contributed by atoms with Gasteiger partial charge >= 0.3 is 19.8 Å². The first kappa shape index (κ1) is 74.2. The molecule has 77 heavy (non-hydrogen) atoms. The molecular weight excluding hydrogens is 978 g/mol. The Morgan fingerprint density at radius 1 is 0.403 bits per heavy atom.